The third-order valence-corrected chi connectivity index (χ3v) is 4.34. The zero-order valence-electron chi connectivity index (χ0n) is 17.0. The average molecular weight is 373 g/mol. The van der Waals surface area contributed by atoms with E-state index in [4.69, 9.17) is 9.47 Å². The first kappa shape index (κ1) is 24.9. The fraction of sp³-hybridized carbons (Fsp3) is 0.905. The van der Waals surface area contributed by atoms with Crippen molar-refractivity contribution >= 4 is 11.9 Å². The van der Waals surface area contributed by atoms with E-state index in [0.29, 0.717) is 12.8 Å². The molecule has 1 N–H and O–H groups in total. The second-order valence-electron chi connectivity index (χ2n) is 7.06. The highest BCUT2D eigenvalue weighted by Crippen LogP contribution is 2.09. The summed E-state index contributed by atoms with van der Waals surface area (Å²) in [6.07, 6.45) is 13.2. The standard InChI is InChI=1S/C21H40O5/c1-3-5-7-9-10-12-14-16-21(24)26-18-19(22)17-25-20(23)15-13-11-8-6-4-2/h19,22H,3-18H2,1-2H3. The Morgan fingerprint density at radius 2 is 1.00 bits per heavy atom. The lowest BCUT2D eigenvalue weighted by Gasteiger charge is -2.12. The summed E-state index contributed by atoms with van der Waals surface area (Å²) in [7, 11) is 0. The molecule has 0 fully saturated rings. The van der Waals surface area contributed by atoms with Gasteiger partial charge in [0.15, 0.2) is 0 Å². The maximum Gasteiger partial charge on any atom is 0.305 e. The third-order valence-electron chi connectivity index (χ3n) is 4.34. The lowest BCUT2D eigenvalue weighted by molar-refractivity contribution is -0.152. The van der Waals surface area contributed by atoms with Gasteiger partial charge in [0.05, 0.1) is 0 Å². The first-order valence-corrected chi connectivity index (χ1v) is 10.6. The van der Waals surface area contributed by atoms with E-state index in [-0.39, 0.29) is 25.2 Å². The molecule has 0 rings (SSSR count). The zero-order chi connectivity index (χ0) is 19.5. The average Bonchev–Trinajstić information content (AvgIpc) is 2.63. The fourth-order valence-corrected chi connectivity index (χ4v) is 2.67. The molecule has 0 aliphatic carbocycles. The minimum Gasteiger partial charge on any atom is -0.463 e. The molecule has 1 unspecified atom stereocenters. The molecule has 5 heteroatoms. The molecular weight excluding hydrogens is 332 g/mol. The van der Waals surface area contributed by atoms with Crippen LogP contribution in [0.4, 0.5) is 0 Å². The number of rotatable bonds is 18. The Labute approximate surface area is 159 Å². The normalized spacial score (nSPS) is 12.0. The Morgan fingerprint density at radius 3 is 1.38 bits per heavy atom. The fourth-order valence-electron chi connectivity index (χ4n) is 2.67. The van der Waals surface area contributed by atoms with Crippen molar-refractivity contribution in [3.05, 3.63) is 0 Å². The maximum atomic E-state index is 11.6. The SMILES string of the molecule is CCCCCCCCCC(=O)OCC(O)COC(=O)CCCCCCC. The third kappa shape index (κ3) is 17.7. The van der Waals surface area contributed by atoms with Crippen molar-refractivity contribution in [1.29, 1.82) is 0 Å². The summed E-state index contributed by atoms with van der Waals surface area (Å²) in [6.45, 7) is 4.12. The van der Waals surface area contributed by atoms with Crippen LogP contribution in [0, 0.1) is 0 Å². The van der Waals surface area contributed by atoms with Crippen LogP contribution in [0.3, 0.4) is 0 Å². The second kappa shape index (κ2) is 18.7. The van der Waals surface area contributed by atoms with Crippen LogP contribution >= 0.6 is 0 Å². The van der Waals surface area contributed by atoms with Crippen LogP contribution in [0.1, 0.15) is 104 Å². The Kier molecular flexibility index (Phi) is 17.9. The highest BCUT2D eigenvalue weighted by molar-refractivity contribution is 5.69. The monoisotopic (exact) mass is 372 g/mol. The molecule has 0 spiro atoms. The Morgan fingerprint density at radius 1 is 0.654 bits per heavy atom. The highest BCUT2D eigenvalue weighted by Gasteiger charge is 2.11. The molecule has 26 heavy (non-hydrogen) atoms. The summed E-state index contributed by atoms with van der Waals surface area (Å²) in [4.78, 5) is 23.2. The van der Waals surface area contributed by atoms with Crippen molar-refractivity contribution in [3.63, 3.8) is 0 Å². The summed E-state index contributed by atoms with van der Waals surface area (Å²) < 4.78 is 10.0. The predicted molar refractivity (Wildman–Crippen MR) is 104 cm³/mol. The lowest BCUT2D eigenvalue weighted by Crippen LogP contribution is -2.25. The first-order chi connectivity index (χ1) is 12.6. The number of aliphatic hydroxyl groups is 1. The number of carbonyl (C=O) groups excluding carboxylic acids is 2. The zero-order valence-corrected chi connectivity index (χ0v) is 17.0. The van der Waals surface area contributed by atoms with Crippen molar-refractivity contribution < 1.29 is 24.2 Å². The van der Waals surface area contributed by atoms with Crippen LogP contribution in [0.5, 0.6) is 0 Å². The highest BCUT2D eigenvalue weighted by atomic mass is 16.6. The largest absolute Gasteiger partial charge is 0.463 e. The van der Waals surface area contributed by atoms with Gasteiger partial charge in [-0.05, 0) is 12.8 Å². The molecule has 0 bridgehead atoms. The van der Waals surface area contributed by atoms with E-state index in [9.17, 15) is 14.7 Å². The lowest BCUT2D eigenvalue weighted by atomic mass is 10.1. The van der Waals surface area contributed by atoms with Gasteiger partial charge < -0.3 is 14.6 Å². The van der Waals surface area contributed by atoms with Crippen molar-refractivity contribution in [2.75, 3.05) is 13.2 Å². The van der Waals surface area contributed by atoms with Crippen molar-refractivity contribution in [1.82, 2.24) is 0 Å². The van der Waals surface area contributed by atoms with Gasteiger partial charge in [-0.2, -0.15) is 0 Å². The summed E-state index contributed by atoms with van der Waals surface area (Å²) >= 11 is 0. The molecule has 0 aliphatic heterocycles. The Balaban J connectivity index is 3.49. The minimum absolute atomic E-state index is 0.112. The van der Waals surface area contributed by atoms with E-state index >= 15 is 0 Å². The van der Waals surface area contributed by atoms with Crippen LogP contribution in [0.2, 0.25) is 0 Å². The maximum absolute atomic E-state index is 11.6. The van der Waals surface area contributed by atoms with Crippen molar-refractivity contribution in [2.45, 2.75) is 110 Å². The number of esters is 2. The van der Waals surface area contributed by atoms with Gasteiger partial charge in [0.1, 0.15) is 19.3 Å². The summed E-state index contributed by atoms with van der Waals surface area (Å²) in [6, 6.07) is 0. The van der Waals surface area contributed by atoms with Gasteiger partial charge in [-0.3, -0.25) is 9.59 Å². The second-order valence-corrected chi connectivity index (χ2v) is 7.06. The molecule has 0 aromatic heterocycles. The molecular formula is C21H40O5. The molecule has 0 heterocycles. The van der Waals surface area contributed by atoms with Gasteiger partial charge in [0.25, 0.3) is 0 Å². The quantitative estimate of drug-likeness (QED) is 0.273. The van der Waals surface area contributed by atoms with Crippen LogP contribution in [-0.2, 0) is 19.1 Å². The summed E-state index contributed by atoms with van der Waals surface area (Å²) in [5.41, 5.74) is 0. The molecule has 5 nitrogen and oxygen atoms in total. The number of unbranched alkanes of at least 4 members (excludes halogenated alkanes) is 10. The Bertz CT molecular complexity index is 343. The van der Waals surface area contributed by atoms with Gasteiger partial charge in [-0.1, -0.05) is 78.1 Å². The van der Waals surface area contributed by atoms with E-state index in [1.54, 1.807) is 0 Å². The number of aliphatic hydroxyl groups excluding tert-OH is 1. The van der Waals surface area contributed by atoms with Gasteiger partial charge >= 0.3 is 11.9 Å². The summed E-state index contributed by atoms with van der Waals surface area (Å²) in [5.74, 6) is -0.588. The molecule has 0 aliphatic rings. The smallest absolute Gasteiger partial charge is 0.305 e. The van der Waals surface area contributed by atoms with Gasteiger partial charge in [0, 0.05) is 12.8 Å². The van der Waals surface area contributed by atoms with Crippen LogP contribution in [-0.4, -0.2) is 36.4 Å². The van der Waals surface area contributed by atoms with Crippen LogP contribution in [0.15, 0.2) is 0 Å². The molecule has 0 aromatic rings. The number of ether oxygens (including phenoxy) is 2. The first-order valence-electron chi connectivity index (χ1n) is 10.6. The van der Waals surface area contributed by atoms with Crippen LogP contribution in [0.25, 0.3) is 0 Å². The topological polar surface area (TPSA) is 72.8 Å². The number of hydrogen-bond donors (Lipinski definition) is 1. The van der Waals surface area contributed by atoms with E-state index in [0.717, 1.165) is 38.5 Å². The number of carbonyl (C=O) groups is 2. The molecule has 0 radical (unpaired) electrons. The van der Waals surface area contributed by atoms with E-state index in [1.807, 2.05) is 0 Å². The molecule has 0 saturated carbocycles. The van der Waals surface area contributed by atoms with Crippen molar-refractivity contribution in [2.24, 2.45) is 0 Å². The Hall–Kier alpha value is -1.10. The van der Waals surface area contributed by atoms with Crippen LogP contribution < -0.4 is 0 Å². The van der Waals surface area contributed by atoms with Gasteiger partial charge in [-0.25, -0.2) is 0 Å². The molecule has 0 saturated heterocycles. The minimum atomic E-state index is -0.947. The molecule has 154 valence electrons. The summed E-state index contributed by atoms with van der Waals surface area (Å²) in [5, 5.41) is 9.73. The molecule has 0 aromatic carbocycles. The molecule has 0 amide bonds. The van der Waals surface area contributed by atoms with E-state index in [1.165, 1.54) is 38.5 Å². The van der Waals surface area contributed by atoms with E-state index < -0.39 is 6.10 Å². The number of hydrogen-bond acceptors (Lipinski definition) is 5. The predicted octanol–water partition coefficient (Wildman–Crippen LogP) is 4.93. The van der Waals surface area contributed by atoms with Crippen molar-refractivity contribution in [3.8, 4) is 0 Å². The van der Waals surface area contributed by atoms with E-state index in [2.05, 4.69) is 13.8 Å². The van der Waals surface area contributed by atoms with Gasteiger partial charge in [0.2, 0.25) is 0 Å². The van der Waals surface area contributed by atoms with Gasteiger partial charge in [-0.15, -0.1) is 0 Å². The molecule has 1 atom stereocenters.